The van der Waals surface area contributed by atoms with Crippen molar-refractivity contribution in [3.8, 4) is 0 Å². The summed E-state index contributed by atoms with van der Waals surface area (Å²) >= 11 is -1.81. The summed E-state index contributed by atoms with van der Waals surface area (Å²) in [5.74, 6) is 3.45. The Bertz CT molecular complexity index is 1280. The molecule has 37 heavy (non-hydrogen) atoms. The van der Waals surface area contributed by atoms with Crippen LogP contribution in [0.5, 0.6) is 0 Å². The molecule has 0 saturated carbocycles. The van der Waals surface area contributed by atoms with Gasteiger partial charge in [0, 0.05) is 63.2 Å². The van der Waals surface area contributed by atoms with E-state index >= 15 is 0 Å². The summed E-state index contributed by atoms with van der Waals surface area (Å²) in [7, 11) is 1.77. The molecule has 198 valence electrons. The molecule has 3 aromatic heterocycles. The Balaban J connectivity index is 1.38. The lowest BCUT2D eigenvalue weighted by molar-refractivity contribution is 0.0816. The van der Waals surface area contributed by atoms with E-state index in [1.807, 2.05) is 25.4 Å². The van der Waals surface area contributed by atoms with Crippen LogP contribution in [-0.2, 0) is 15.8 Å². The zero-order valence-electron chi connectivity index (χ0n) is 21.8. The lowest BCUT2D eigenvalue weighted by Crippen LogP contribution is -2.52. The zero-order chi connectivity index (χ0) is 26.1. The van der Waals surface area contributed by atoms with Crippen LogP contribution in [0.2, 0.25) is 0 Å². The van der Waals surface area contributed by atoms with Gasteiger partial charge in [-0.1, -0.05) is 13.8 Å². The van der Waals surface area contributed by atoms with E-state index in [1.165, 1.54) is 0 Å². The van der Waals surface area contributed by atoms with Gasteiger partial charge in [-0.05, 0) is 48.8 Å². The second-order valence-electron chi connectivity index (χ2n) is 10.2. The van der Waals surface area contributed by atoms with Gasteiger partial charge in [-0.15, -0.1) is 0 Å². The van der Waals surface area contributed by atoms with Gasteiger partial charge < -0.3 is 24.4 Å². The number of fused-ring (bicyclic) bond motifs is 1. The number of nitrogens with one attached hydrogen (secondary N) is 1. The fraction of sp³-hybridized carbons (Fsp3) is 0.538. The average Bonchev–Trinajstić information content (AvgIpc) is 2.87. The van der Waals surface area contributed by atoms with Gasteiger partial charge in [0.25, 0.3) is 0 Å². The third-order valence-corrected chi connectivity index (χ3v) is 8.57. The standard InChI is InChI=1S/C26H35N7O3S/c1-16(2)21-12-29-25(33-14-18(15-33)17(3)37(34)35)22-13-28-24(11-20(21)22)30-23-5-8-27-26(31-23)32-9-6-19(36-4)7-10-32/h5,8,11-13,16-19H,6-7,9-10,14-15H2,1-4H3,(H,34,35)(H,27,28,30,31)/t17-/m0/s1. The minimum atomic E-state index is -1.81. The molecule has 0 spiro atoms. The number of rotatable bonds is 8. The van der Waals surface area contributed by atoms with Crippen LogP contribution in [0.1, 0.15) is 45.1 Å². The van der Waals surface area contributed by atoms with Crippen LogP contribution >= 0.6 is 0 Å². The molecule has 0 aromatic carbocycles. The van der Waals surface area contributed by atoms with Crippen LogP contribution in [0.4, 0.5) is 23.4 Å². The lowest BCUT2D eigenvalue weighted by atomic mass is 9.94. The van der Waals surface area contributed by atoms with E-state index in [-0.39, 0.29) is 11.2 Å². The molecule has 1 unspecified atom stereocenters. The minimum absolute atomic E-state index is 0.175. The molecule has 2 saturated heterocycles. The molecule has 0 aliphatic carbocycles. The summed E-state index contributed by atoms with van der Waals surface area (Å²) < 4.78 is 26.4. The number of methoxy groups -OCH3 is 1. The summed E-state index contributed by atoms with van der Waals surface area (Å²) in [5.41, 5.74) is 1.15. The predicted molar refractivity (Wildman–Crippen MR) is 147 cm³/mol. The topological polar surface area (TPSA) is 117 Å². The number of aromatic nitrogens is 4. The number of anilines is 4. The first-order valence-corrected chi connectivity index (χ1v) is 14.0. The van der Waals surface area contributed by atoms with E-state index in [4.69, 9.17) is 19.7 Å². The van der Waals surface area contributed by atoms with Crippen LogP contribution in [-0.4, -0.2) is 73.3 Å². The molecule has 2 aliphatic heterocycles. The Hall–Kier alpha value is -2.89. The van der Waals surface area contributed by atoms with E-state index in [2.05, 4.69) is 40.0 Å². The molecule has 2 atom stereocenters. The van der Waals surface area contributed by atoms with Crippen molar-refractivity contribution in [3.63, 3.8) is 0 Å². The van der Waals surface area contributed by atoms with Crippen LogP contribution in [0.15, 0.2) is 30.7 Å². The number of piperidine rings is 1. The second kappa shape index (κ2) is 10.8. The largest absolute Gasteiger partial charge is 0.381 e. The number of pyridine rings is 2. The summed E-state index contributed by atoms with van der Waals surface area (Å²) in [6, 6.07) is 3.91. The van der Waals surface area contributed by atoms with E-state index in [9.17, 15) is 8.76 Å². The fourth-order valence-corrected chi connectivity index (χ4v) is 5.56. The smallest absolute Gasteiger partial charge is 0.227 e. The summed E-state index contributed by atoms with van der Waals surface area (Å²) in [4.78, 5) is 23.0. The van der Waals surface area contributed by atoms with E-state index < -0.39 is 11.1 Å². The monoisotopic (exact) mass is 525 g/mol. The fourth-order valence-electron chi connectivity index (χ4n) is 5.06. The molecule has 0 bridgehead atoms. The number of hydrogen-bond acceptors (Lipinski definition) is 9. The molecule has 0 amide bonds. The van der Waals surface area contributed by atoms with Gasteiger partial charge in [0.2, 0.25) is 5.95 Å². The Morgan fingerprint density at radius 3 is 2.49 bits per heavy atom. The first-order valence-electron chi connectivity index (χ1n) is 12.8. The second-order valence-corrected chi connectivity index (χ2v) is 11.5. The van der Waals surface area contributed by atoms with E-state index in [0.717, 1.165) is 48.1 Å². The molecule has 0 radical (unpaired) electrons. The van der Waals surface area contributed by atoms with Crippen LogP contribution in [0.25, 0.3) is 10.8 Å². The maximum atomic E-state index is 11.5. The maximum absolute atomic E-state index is 11.5. The first kappa shape index (κ1) is 25.7. The predicted octanol–water partition coefficient (Wildman–Crippen LogP) is 3.95. The van der Waals surface area contributed by atoms with E-state index in [1.54, 1.807) is 13.3 Å². The number of hydrogen-bond donors (Lipinski definition) is 2. The highest BCUT2D eigenvalue weighted by molar-refractivity contribution is 7.79. The average molecular weight is 526 g/mol. The van der Waals surface area contributed by atoms with Crippen molar-refractivity contribution >= 4 is 45.3 Å². The lowest BCUT2D eigenvalue weighted by Gasteiger charge is -2.42. The Morgan fingerprint density at radius 1 is 1.05 bits per heavy atom. The van der Waals surface area contributed by atoms with Crippen molar-refractivity contribution in [2.45, 2.75) is 50.9 Å². The van der Waals surface area contributed by atoms with Gasteiger partial charge in [-0.2, -0.15) is 4.98 Å². The van der Waals surface area contributed by atoms with Crippen molar-refractivity contribution in [3.05, 3.63) is 36.3 Å². The Labute approximate surface area is 220 Å². The number of ether oxygens (including phenoxy) is 1. The van der Waals surface area contributed by atoms with Crippen molar-refractivity contribution in [2.24, 2.45) is 5.92 Å². The highest BCUT2D eigenvalue weighted by Gasteiger charge is 2.35. The van der Waals surface area contributed by atoms with Gasteiger partial charge in [-0.25, -0.2) is 19.2 Å². The van der Waals surface area contributed by atoms with Crippen molar-refractivity contribution in [1.29, 1.82) is 0 Å². The Kier molecular flexibility index (Phi) is 7.55. The van der Waals surface area contributed by atoms with Crippen LogP contribution in [0.3, 0.4) is 0 Å². The quantitative estimate of drug-likeness (QED) is 0.419. The van der Waals surface area contributed by atoms with Gasteiger partial charge in [0.1, 0.15) is 17.5 Å². The molecule has 5 rings (SSSR count). The molecule has 10 nitrogen and oxygen atoms in total. The summed E-state index contributed by atoms with van der Waals surface area (Å²) in [6.45, 7) is 9.30. The highest BCUT2D eigenvalue weighted by atomic mass is 32.2. The zero-order valence-corrected chi connectivity index (χ0v) is 22.6. The Morgan fingerprint density at radius 2 is 1.81 bits per heavy atom. The molecule has 2 aliphatic rings. The third kappa shape index (κ3) is 5.39. The van der Waals surface area contributed by atoms with Crippen LogP contribution in [0, 0.1) is 5.92 Å². The molecule has 11 heteroatoms. The van der Waals surface area contributed by atoms with Crippen molar-refractivity contribution < 1.29 is 13.5 Å². The molecular formula is C26H35N7O3S. The molecule has 5 heterocycles. The normalized spacial score (nSPS) is 18.8. The maximum Gasteiger partial charge on any atom is 0.227 e. The molecular weight excluding hydrogens is 490 g/mol. The minimum Gasteiger partial charge on any atom is -0.381 e. The highest BCUT2D eigenvalue weighted by Crippen LogP contribution is 2.36. The van der Waals surface area contributed by atoms with E-state index in [0.29, 0.717) is 42.7 Å². The molecule has 2 fully saturated rings. The van der Waals surface area contributed by atoms with Gasteiger partial charge in [-0.3, -0.25) is 0 Å². The third-order valence-electron chi connectivity index (χ3n) is 7.55. The SMILES string of the molecule is COC1CCN(c2nccc(Nc3cc4c(C(C)C)cnc(N5CC([C@H](C)S(=O)O)C5)c4cn3)n2)CC1. The number of nitrogens with zero attached hydrogens (tertiary/aromatic N) is 6. The summed E-state index contributed by atoms with van der Waals surface area (Å²) in [6.07, 6.45) is 7.82. The molecule has 2 N–H and O–H groups in total. The van der Waals surface area contributed by atoms with Crippen molar-refractivity contribution in [1.82, 2.24) is 19.9 Å². The molecule has 3 aromatic rings. The van der Waals surface area contributed by atoms with Gasteiger partial charge in [0.05, 0.1) is 11.4 Å². The first-order chi connectivity index (χ1) is 17.8. The van der Waals surface area contributed by atoms with Crippen molar-refractivity contribution in [2.75, 3.05) is 48.4 Å². The van der Waals surface area contributed by atoms with Crippen LogP contribution < -0.4 is 15.1 Å². The van der Waals surface area contributed by atoms with Gasteiger partial charge in [0.15, 0.2) is 11.1 Å². The van der Waals surface area contributed by atoms with Gasteiger partial charge >= 0.3 is 0 Å². The summed E-state index contributed by atoms with van der Waals surface area (Å²) in [5, 5.41) is 5.19.